The molecule has 1 saturated heterocycles. The molecule has 1 atom stereocenters. The van der Waals surface area contributed by atoms with Gasteiger partial charge in [-0.25, -0.2) is 4.39 Å². The number of benzene rings is 1. The summed E-state index contributed by atoms with van der Waals surface area (Å²) in [6, 6.07) is 1.32. The van der Waals surface area contributed by atoms with Gasteiger partial charge in [-0.15, -0.1) is 12.4 Å². The van der Waals surface area contributed by atoms with Gasteiger partial charge in [0.2, 0.25) is 0 Å². The quantitative estimate of drug-likeness (QED) is 0.661. The molecule has 2 aliphatic rings. The molecule has 1 saturated carbocycles. The molecule has 148 valence electrons. The van der Waals surface area contributed by atoms with Gasteiger partial charge < -0.3 is 5.32 Å². The van der Waals surface area contributed by atoms with Crippen LogP contribution in [-0.4, -0.2) is 31.1 Å². The molecule has 0 unspecified atom stereocenters. The highest BCUT2D eigenvalue weighted by Crippen LogP contribution is 2.43. The van der Waals surface area contributed by atoms with Crippen molar-refractivity contribution in [2.24, 2.45) is 5.92 Å². The van der Waals surface area contributed by atoms with Crippen LogP contribution in [0, 0.1) is 11.7 Å². The van der Waals surface area contributed by atoms with Crippen molar-refractivity contribution >= 4 is 24.0 Å². The van der Waals surface area contributed by atoms with E-state index in [9.17, 15) is 17.6 Å². The number of nitrogens with zero attached hydrogens (tertiary/aromatic N) is 1. The molecule has 1 aliphatic heterocycles. The lowest BCUT2D eigenvalue weighted by molar-refractivity contribution is -0.137. The van der Waals surface area contributed by atoms with Gasteiger partial charge in [-0.3, -0.25) is 4.90 Å². The highest BCUT2D eigenvalue weighted by atomic mass is 35.5. The van der Waals surface area contributed by atoms with Crippen LogP contribution in [0.25, 0.3) is 0 Å². The molecule has 26 heavy (non-hydrogen) atoms. The predicted molar refractivity (Wildman–Crippen MR) is 97.4 cm³/mol. The van der Waals surface area contributed by atoms with Crippen molar-refractivity contribution in [2.45, 2.75) is 44.3 Å². The minimum Gasteiger partial charge on any atom is -0.314 e. The molecular weight excluding hydrogens is 391 g/mol. The summed E-state index contributed by atoms with van der Waals surface area (Å²) in [4.78, 5) is 2.13. The lowest BCUT2D eigenvalue weighted by atomic mass is 9.79. The topological polar surface area (TPSA) is 15.3 Å². The van der Waals surface area contributed by atoms with Crippen LogP contribution in [0.4, 0.5) is 17.6 Å². The highest BCUT2D eigenvalue weighted by molar-refractivity contribution is 6.30. The Bertz CT molecular complexity index is 580. The summed E-state index contributed by atoms with van der Waals surface area (Å²) in [7, 11) is 0. The number of hydrogen-bond donors (Lipinski definition) is 1. The van der Waals surface area contributed by atoms with Crippen LogP contribution >= 0.6 is 24.0 Å². The average Bonchev–Trinajstić information content (AvgIpc) is 2.60. The highest BCUT2D eigenvalue weighted by Gasteiger charge is 2.37. The Morgan fingerprint density at radius 3 is 2.27 bits per heavy atom. The zero-order valence-electron chi connectivity index (χ0n) is 14.4. The first-order valence-corrected chi connectivity index (χ1v) is 9.26. The van der Waals surface area contributed by atoms with Gasteiger partial charge in [-0.05, 0) is 30.9 Å². The van der Waals surface area contributed by atoms with E-state index >= 15 is 0 Å². The van der Waals surface area contributed by atoms with Gasteiger partial charge in [0.25, 0.3) is 0 Å². The van der Waals surface area contributed by atoms with E-state index in [0.29, 0.717) is 19.2 Å². The Morgan fingerprint density at radius 1 is 1.08 bits per heavy atom. The largest absolute Gasteiger partial charge is 0.416 e. The molecule has 0 radical (unpaired) electrons. The Balaban J connectivity index is 0.00000243. The third-order valence-electron chi connectivity index (χ3n) is 5.34. The number of rotatable bonds is 3. The number of nitrogens with one attached hydrogen (secondary N) is 1. The summed E-state index contributed by atoms with van der Waals surface area (Å²) >= 11 is 5.84. The van der Waals surface area contributed by atoms with Gasteiger partial charge in [-0.2, -0.15) is 13.2 Å². The third-order valence-corrected chi connectivity index (χ3v) is 5.62. The van der Waals surface area contributed by atoms with Gasteiger partial charge in [0.15, 0.2) is 0 Å². The molecule has 1 aromatic carbocycles. The number of halogens is 6. The molecule has 8 heteroatoms. The van der Waals surface area contributed by atoms with E-state index in [1.165, 1.54) is 0 Å². The first-order valence-electron chi connectivity index (χ1n) is 8.89. The number of piperazine rings is 1. The normalized spacial score (nSPS) is 21.3. The minimum atomic E-state index is -4.54. The second kappa shape index (κ2) is 9.09. The summed E-state index contributed by atoms with van der Waals surface area (Å²) in [5, 5.41) is 2.80. The fraction of sp³-hybridized carbons (Fsp3) is 0.667. The maximum Gasteiger partial charge on any atom is 0.416 e. The van der Waals surface area contributed by atoms with Crippen molar-refractivity contribution in [2.75, 3.05) is 26.2 Å². The van der Waals surface area contributed by atoms with Crippen LogP contribution in [0.3, 0.4) is 0 Å². The van der Waals surface area contributed by atoms with Crippen molar-refractivity contribution in [3.63, 3.8) is 0 Å². The van der Waals surface area contributed by atoms with Crippen molar-refractivity contribution < 1.29 is 17.6 Å². The molecule has 0 aromatic heterocycles. The van der Waals surface area contributed by atoms with E-state index in [1.807, 2.05) is 0 Å². The molecule has 0 spiro atoms. The van der Waals surface area contributed by atoms with Gasteiger partial charge >= 0.3 is 6.18 Å². The van der Waals surface area contributed by atoms with Crippen molar-refractivity contribution in [1.82, 2.24) is 10.2 Å². The second-order valence-electron chi connectivity index (χ2n) is 6.99. The van der Waals surface area contributed by atoms with E-state index in [4.69, 9.17) is 11.6 Å². The predicted octanol–water partition coefficient (Wildman–Crippen LogP) is 5.45. The van der Waals surface area contributed by atoms with Crippen LogP contribution in [0.2, 0.25) is 5.02 Å². The van der Waals surface area contributed by atoms with Crippen LogP contribution in [-0.2, 0) is 6.18 Å². The maximum atomic E-state index is 14.8. The van der Waals surface area contributed by atoms with E-state index in [2.05, 4.69) is 10.2 Å². The van der Waals surface area contributed by atoms with Crippen LogP contribution in [0.5, 0.6) is 0 Å². The maximum absolute atomic E-state index is 14.8. The van der Waals surface area contributed by atoms with Crippen molar-refractivity contribution in [3.05, 3.63) is 34.1 Å². The van der Waals surface area contributed by atoms with Gasteiger partial charge in [0.05, 0.1) is 10.6 Å². The molecule has 2 fully saturated rings. The minimum absolute atomic E-state index is 0. The first kappa shape index (κ1) is 21.7. The van der Waals surface area contributed by atoms with E-state index < -0.39 is 22.6 Å². The van der Waals surface area contributed by atoms with E-state index in [-0.39, 0.29) is 29.9 Å². The molecule has 0 amide bonds. The third kappa shape index (κ3) is 4.83. The van der Waals surface area contributed by atoms with Crippen molar-refractivity contribution in [3.8, 4) is 0 Å². The van der Waals surface area contributed by atoms with Crippen LogP contribution in [0.15, 0.2) is 12.1 Å². The van der Waals surface area contributed by atoms with E-state index in [0.717, 1.165) is 51.3 Å². The molecule has 2 nitrogen and oxygen atoms in total. The lowest BCUT2D eigenvalue weighted by Crippen LogP contribution is -2.47. The summed E-state index contributed by atoms with van der Waals surface area (Å²) in [6.07, 6.45) is 0.524. The summed E-state index contributed by atoms with van der Waals surface area (Å²) < 4.78 is 54.5. The Labute approximate surface area is 162 Å². The monoisotopic (exact) mass is 414 g/mol. The molecule has 0 bridgehead atoms. The SMILES string of the molecule is Cl.Fc1c(Cl)cc(C(F)(F)F)cc1[C@@H](C1CCCCC1)N1CCNCC1. The Hall–Kier alpha value is -0.560. The lowest BCUT2D eigenvalue weighted by Gasteiger charge is -2.41. The van der Waals surface area contributed by atoms with Gasteiger partial charge in [-0.1, -0.05) is 30.9 Å². The standard InChI is InChI=1S/C18H23ClF4N2.ClH/c19-15-11-13(18(21,22)23)10-14(16(15)20)17(12-4-2-1-3-5-12)25-8-6-24-7-9-25;/h10-12,17,24H,1-9H2;1H/t17-;/m1./s1. The average molecular weight is 415 g/mol. The Morgan fingerprint density at radius 2 is 1.69 bits per heavy atom. The summed E-state index contributed by atoms with van der Waals surface area (Å²) in [5.41, 5.74) is -0.765. The Kier molecular flexibility index (Phi) is 7.60. The zero-order chi connectivity index (χ0) is 18.0. The second-order valence-corrected chi connectivity index (χ2v) is 7.40. The fourth-order valence-corrected chi connectivity index (χ4v) is 4.37. The zero-order valence-corrected chi connectivity index (χ0v) is 16.0. The molecule has 1 aliphatic carbocycles. The van der Waals surface area contributed by atoms with Crippen LogP contribution < -0.4 is 5.32 Å². The van der Waals surface area contributed by atoms with Crippen molar-refractivity contribution in [1.29, 1.82) is 0 Å². The molecule has 3 rings (SSSR count). The molecule has 1 aromatic rings. The number of alkyl halides is 3. The van der Waals surface area contributed by atoms with E-state index in [1.54, 1.807) is 0 Å². The first-order chi connectivity index (χ1) is 11.9. The van der Waals surface area contributed by atoms with Gasteiger partial charge in [0.1, 0.15) is 5.82 Å². The number of hydrogen-bond acceptors (Lipinski definition) is 2. The molecule has 1 N–H and O–H groups in total. The smallest absolute Gasteiger partial charge is 0.314 e. The van der Waals surface area contributed by atoms with Gasteiger partial charge in [0, 0.05) is 37.8 Å². The van der Waals surface area contributed by atoms with Crippen LogP contribution in [0.1, 0.15) is 49.3 Å². The molecular formula is C18H24Cl2F4N2. The molecule has 1 heterocycles. The fourth-order valence-electron chi connectivity index (χ4n) is 4.15. The summed E-state index contributed by atoms with van der Waals surface area (Å²) in [5.74, 6) is -0.537. The summed E-state index contributed by atoms with van der Waals surface area (Å²) in [6.45, 7) is 2.93.